The molecule has 0 saturated carbocycles. The van der Waals surface area contributed by atoms with Crippen LogP contribution in [0.4, 0.5) is 0 Å². The zero-order valence-corrected chi connectivity index (χ0v) is 24.5. The van der Waals surface area contributed by atoms with Crippen molar-refractivity contribution in [1.82, 2.24) is 15.1 Å². The lowest BCUT2D eigenvalue weighted by Gasteiger charge is -2.19. The molecule has 0 fully saturated rings. The van der Waals surface area contributed by atoms with Gasteiger partial charge in [-0.3, -0.25) is 4.79 Å². The van der Waals surface area contributed by atoms with Crippen LogP contribution in [0.2, 0.25) is 10.0 Å². The number of hydrogen-bond acceptors (Lipinski definition) is 6. The van der Waals surface area contributed by atoms with Gasteiger partial charge in [-0.2, -0.15) is 5.10 Å². The van der Waals surface area contributed by atoms with Crippen molar-refractivity contribution in [3.8, 4) is 28.8 Å². The second kappa shape index (κ2) is 13.0. The molecule has 3 aromatic rings. The zero-order chi connectivity index (χ0) is 27.4. The minimum absolute atomic E-state index is 0. The summed E-state index contributed by atoms with van der Waals surface area (Å²) in [6, 6.07) is 11.6. The molecule has 0 saturated heterocycles. The standard InChI is InChI=1S/C26H28Cl2N4O4S.ClH/c1-26(2,3)30-25(33)22-24(37(4,34)35)23(18-8-10-19(27)11-9-18)32(31-22)21-12-7-17(16-20(21)28)6-5-14-36-15-13-29;/h7-12,16H,13-15,29H2,1-4H3,(H,30,33);1H. The molecule has 0 spiro atoms. The van der Waals surface area contributed by atoms with Gasteiger partial charge in [0.25, 0.3) is 5.91 Å². The predicted octanol–water partition coefficient (Wildman–Crippen LogP) is 4.53. The molecule has 0 bridgehead atoms. The molecule has 8 nitrogen and oxygen atoms in total. The molecule has 0 aliphatic heterocycles. The molecule has 12 heteroatoms. The topological polar surface area (TPSA) is 116 Å². The average molecular weight is 600 g/mol. The molecule has 0 radical (unpaired) electrons. The number of nitrogens with zero attached hydrogens (tertiary/aromatic N) is 2. The number of rotatable bonds is 7. The molecule has 0 aliphatic carbocycles. The lowest BCUT2D eigenvalue weighted by molar-refractivity contribution is 0.0910. The van der Waals surface area contributed by atoms with Gasteiger partial charge in [-0.1, -0.05) is 47.2 Å². The van der Waals surface area contributed by atoms with Crippen molar-refractivity contribution in [2.75, 3.05) is 26.0 Å². The van der Waals surface area contributed by atoms with Crippen LogP contribution in [0.3, 0.4) is 0 Å². The number of hydrogen-bond donors (Lipinski definition) is 2. The van der Waals surface area contributed by atoms with Gasteiger partial charge in [0.1, 0.15) is 11.5 Å². The Labute approximate surface area is 239 Å². The van der Waals surface area contributed by atoms with Gasteiger partial charge in [0.15, 0.2) is 15.5 Å². The van der Waals surface area contributed by atoms with E-state index in [1.54, 1.807) is 63.2 Å². The number of benzene rings is 2. The Morgan fingerprint density at radius 2 is 1.82 bits per heavy atom. The number of nitrogens with two attached hydrogens (primary N) is 1. The van der Waals surface area contributed by atoms with Crippen molar-refractivity contribution in [3.63, 3.8) is 0 Å². The van der Waals surface area contributed by atoms with Crippen LogP contribution in [0.25, 0.3) is 16.9 Å². The van der Waals surface area contributed by atoms with Crippen molar-refractivity contribution < 1.29 is 17.9 Å². The van der Waals surface area contributed by atoms with E-state index in [1.807, 2.05) is 0 Å². The smallest absolute Gasteiger partial charge is 0.273 e. The van der Waals surface area contributed by atoms with E-state index >= 15 is 0 Å². The number of sulfone groups is 1. The van der Waals surface area contributed by atoms with Crippen LogP contribution >= 0.6 is 35.6 Å². The van der Waals surface area contributed by atoms with Crippen LogP contribution in [-0.4, -0.2) is 55.7 Å². The Morgan fingerprint density at radius 3 is 2.37 bits per heavy atom. The summed E-state index contributed by atoms with van der Waals surface area (Å²) < 4.78 is 32.7. The van der Waals surface area contributed by atoms with E-state index in [9.17, 15) is 13.2 Å². The number of ether oxygens (including phenoxy) is 1. The van der Waals surface area contributed by atoms with Crippen LogP contribution in [0.5, 0.6) is 0 Å². The summed E-state index contributed by atoms with van der Waals surface area (Å²) >= 11 is 12.7. The van der Waals surface area contributed by atoms with Crippen LogP contribution in [0, 0.1) is 11.8 Å². The minimum Gasteiger partial charge on any atom is -0.367 e. The number of aromatic nitrogens is 2. The highest BCUT2D eigenvalue weighted by Gasteiger charge is 2.32. The molecule has 2 aromatic carbocycles. The number of carbonyl (C=O) groups excluding carboxylic acids is 1. The highest BCUT2D eigenvalue weighted by atomic mass is 35.5. The molecule has 0 aliphatic rings. The lowest BCUT2D eigenvalue weighted by Crippen LogP contribution is -2.41. The molecule has 3 rings (SSSR count). The summed E-state index contributed by atoms with van der Waals surface area (Å²) in [5.74, 6) is 5.21. The van der Waals surface area contributed by atoms with Gasteiger partial charge in [0.2, 0.25) is 0 Å². The highest BCUT2D eigenvalue weighted by molar-refractivity contribution is 7.91. The monoisotopic (exact) mass is 598 g/mol. The molecule has 1 amide bonds. The van der Waals surface area contributed by atoms with Gasteiger partial charge in [0.05, 0.1) is 23.0 Å². The first-order valence-corrected chi connectivity index (χ1v) is 13.9. The van der Waals surface area contributed by atoms with E-state index in [4.69, 9.17) is 33.7 Å². The number of amides is 1. The van der Waals surface area contributed by atoms with Crippen LogP contribution < -0.4 is 11.1 Å². The third kappa shape index (κ3) is 7.96. The molecule has 204 valence electrons. The maximum Gasteiger partial charge on any atom is 0.273 e. The van der Waals surface area contributed by atoms with Gasteiger partial charge in [-0.15, -0.1) is 12.4 Å². The SMILES string of the molecule is CC(C)(C)NC(=O)c1nn(-c2ccc(C#CCOCCN)cc2Cl)c(-c2ccc(Cl)cc2)c1S(C)(=O)=O.Cl. The van der Waals surface area contributed by atoms with E-state index in [-0.39, 0.29) is 40.3 Å². The molecule has 1 aromatic heterocycles. The molecule has 0 unspecified atom stereocenters. The fourth-order valence-corrected chi connectivity index (χ4v) is 4.87. The van der Waals surface area contributed by atoms with E-state index in [0.717, 1.165) is 6.26 Å². The molecule has 1 heterocycles. The van der Waals surface area contributed by atoms with Gasteiger partial charge < -0.3 is 15.8 Å². The van der Waals surface area contributed by atoms with E-state index in [0.29, 0.717) is 35.0 Å². The summed E-state index contributed by atoms with van der Waals surface area (Å²) in [4.78, 5) is 13.0. The van der Waals surface area contributed by atoms with Crippen molar-refractivity contribution in [3.05, 3.63) is 63.8 Å². The third-order valence-corrected chi connectivity index (χ3v) is 6.56. The predicted molar refractivity (Wildman–Crippen MR) is 153 cm³/mol. The Kier molecular flexibility index (Phi) is 10.8. The molecule has 0 atom stereocenters. The maximum atomic E-state index is 13.2. The molecule has 38 heavy (non-hydrogen) atoms. The Hall–Kier alpha value is -2.58. The Morgan fingerprint density at radius 1 is 1.16 bits per heavy atom. The number of nitrogens with one attached hydrogen (secondary N) is 1. The van der Waals surface area contributed by atoms with Gasteiger partial charge in [-0.05, 0) is 51.1 Å². The van der Waals surface area contributed by atoms with E-state index < -0.39 is 21.3 Å². The second-order valence-corrected chi connectivity index (χ2v) is 12.0. The highest BCUT2D eigenvalue weighted by Crippen LogP contribution is 2.35. The minimum atomic E-state index is -3.92. The maximum absolute atomic E-state index is 13.2. The first-order chi connectivity index (χ1) is 17.3. The fourth-order valence-electron chi connectivity index (χ4n) is 3.44. The first-order valence-electron chi connectivity index (χ1n) is 11.3. The summed E-state index contributed by atoms with van der Waals surface area (Å²) in [6.45, 7) is 6.42. The summed E-state index contributed by atoms with van der Waals surface area (Å²) in [6.07, 6.45) is 1.04. The lowest BCUT2D eigenvalue weighted by atomic mass is 10.1. The van der Waals surface area contributed by atoms with Gasteiger partial charge in [0, 0.05) is 34.5 Å². The van der Waals surface area contributed by atoms with Crippen LogP contribution in [0.15, 0.2) is 47.4 Å². The van der Waals surface area contributed by atoms with E-state index in [2.05, 4.69) is 22.3 Å². The van der Waals surface area contributed by atoms with Crippen LogP contribution in [-0.2, 0) is 14.6 Å². The van der Waals surface area contributed by atoms with E-state index in [1.165, 1.54) is 4.68 Å². The Balaban J connectivity index is 0.00000507. The number of halogens is 3. The summed E-state index contributed by atoms with van der Waals surface area (Å²) in [5, 5.41) is 7.98. The normalized spacial score (nSPS) is 11.3. The largest absolute Gasteiger partial charge is 0.367 e. The van der Waals surface area contributed by atoms with Crippen LogP contribution in [0.1, 0.15) is 36.8 Å². The van der Waals surface area contributed by atoms with Crippen molar-refractivity contribution in [2.45, 2.75) is 31.2 Å². The fraction of sp³-hybridized carbons (Fsp3) is 0.308. The third-order valence-electron chi connectivity index (χ3n) is 4.88. The van der Waals surface area contributed by atoms with Gasteiger partial charge >= 0.3 is 0 Å². The van der Waals surface area contributed by atoms with Crippen molar-refractivity contribution in [1.29, 1.82) is 0 Å². The first kappa shape index (κ1) is 31.6. The second-order valence-electron chi connectivity index (χ2n) is 9.23. The molecule has 3 N–H and O–H groups in total. The van der Waals surface area contributed by atoms with Gasteiger partial charge in [-0.25, -0.2) is 13.1 Å². The zero-order valence-electron chi connectivity index (χ0n) is 21.3. The molecular formula is C26H29Cl3N4O4S. The number of carbonyl (C=O) groups is 1. The van der Waals surface area contributed by atoms with Crippen molar-refractivity contribution in [2.24, 2.45) is 5.73 Å². The average Bonchev–Trinajstić information content (AvgIpc) is 3.20. The Bertz CT molecular complexity index is 1470. The quantitative estimate of drug-likeness (QED) is 0.305. The summed E-state index contributed by atoms with van der Waals surface area (Å²) in [5.41, 5.74) is 6.21. The summed E-state index contributed by atoms with van der Waals surface area (Å²) in [7, 11) is -3.92. The molecular weight excluding hydrogens is 571 g/mol. The van der Waals surface area contributed by atoms with Crippen molar-refractivity contribution >= 4 is 51.4 Å².